The Kier molecular flexibility index (Phi) is 5.99. The molecule has 0 bridgehead atoms. The zero-order valence-electron chi connectivity index (χ0n) is 16.0. The van der Waals surface area contributed by atoms with Crippen molar-refractivity contribution in [1.29, 1.82) is 0 Å². The summed E-state index contributed by atoms with van der Waals surface area (Å²) in [5.74, 6) is -0.686. The first-order chi connectivity index (χ1) is 13.4. The summed E-state index contributed by atoms with van der Waals surface area (Å²) in [5.41, 5.74) is 4.42. The van der Waals surface area contributed by atoms with Gasteiger partial charge in [0.2, 0.25) is 0 Å². The summed E-state index contributed by atoms with van der Waals surface area (Å²) in [4.78, 5) is 31.3. The number of halogens is 1. The fraction of sp³-hybridized carbons (Fsp3) is 0.286. The average molecular weight is 400 g/mol. The normalized spacial score (nSPS) is 15.6. The monoisotopic (exact) mass is 399 g/mol. The average Bonchev–Trinajstić information content (AvgIpc) is 2.97. The summed E-state index contributed by atoms with van der Waals surface area (Å²) >= 11 is 6.17. The van der Waals surface area contributed by atoms with E-state index in [0.29, 0.717) is 10.7 Å². The highest BCUT2D eigenvalue weighted by atomic mass is 35.5. The first-order valence-corrected chi connectivity index (χ1v) is 9.37. The van der Waals surface area contributed by atoms with E-state index < -0.39 is 5.91 Å². The molecule has 146 valence electrons. The highest BCUT2D eigenvalue weighted by Gasteiger charge is 2.30. The van der Waals surface area contributed by atoms with E-state index in [1.807, 2.05) is 51.1 Å². The van der Waals surface area contributed by atoms with Crippen molar-refractivity contribution >= 4 is 41.0 Å². The molecular weight excluding hydrogens is 378 g/mol. The van der Waals surface area contributed by atoms with Gasteiger partial charge >= 0.3 is 0 Å². The van der Waals surface area contributed by atoms with Gasteiger partial charge < -0.3 is 15.1 Å². The number of benzene rings is 2. The number of anilines is 2. The van der Waals surface area contributed by atoms with Gasteiger partial charge in [0.25, 0.3) is 11.8 Å². The van der Waals surface area contributed by atoms with Crippen LogP contribution in [0.15, 0.2) is 41.6 Å². The van der Waals surface area contributed by atoms with Gasteiger partial charge in [0.1, 0.15) is 6.21 Å². The lowest BCUT2D eigenvalue weighted by molar-refractivity contribution is -0.123. The Hall–Kier alpha value is -2.86. The lowest BCUT2D eigenvalue weighted by Crippen LogP contribution is -2.38. The van der Waals surface area contributed by atoms with Crippen LogP contribution in [0.4, 0.5) is 11.4 Å². The number of aryl methyl sites for hydroxylation is 2. The number of nitrogens with one attached hydrogen (secondary N) is 1. The van der Waals surface area contributed by atoms with Gasteiger partial charge in [-0.2, -0.15) is 0 Å². The molecule has 0 aliphatic carbocycles. The second-order valence-corrected chi connectivity index (χ2v) is 7.29. The van der Waals surface area contributed by atoms with Crippen LogP contribution < -0.4 is 10.2 Å². The summed E-state index contributed by atoms with van der Waals surface area (Å²) in [6.45, 7) is 5.53. The Balaban J connectivity index is 1.54. The Labute approximate surface area is 169 Å². The molecule has 0 spiro atoms. The fourth-order valence-electron chi connectivity index (χ4n) is 3.42. The van der Waals surface area contributed by atoms with Crippen molar-refractivity contribution in [2.45, 2.75) is 33.2 Å². The van der Waals surface area contributed by atoms with Crippen molar-refractivity contribution in [3.63, 3.8) is 0 Å². The van der Waals surface area contributed by atoms with Crippen LogP contribution in [0, 0.1) is 13.8 Å². The summed E-state index contributed by atoms with van der Waals surface area (Å²) in [6, 6.07) is 11.5. The van der Waals surface area contributed by atoms with E-state index in [2.05, 4.69) is 10.5 Å². The molecule has 0 saturated carbocycles. The molecule has 0 saturated heterocycles. The smallest absolute Gasteiger partial charge is 0.270 e. The number of carbonyl (C=O) groups excluding carboxylic acids is 2. The summed E-state index contributed by atoms with van der Waals surface area (Å²) in [6.07, 6.45) is 1.80. The van der Waals surface area contributed by atoms with Crippen molar-refractivity contribution in [2.24, 2.45) is 5.16 Å². The van der Waals surface area contributed by atoms with Crippen molar-refractivity contribution in [2.75, 3.05) is 16.8 Å². The predicted molar refractivity (Wildman–Crippen MR) is 111 cm³/mol. The molecule has 2 amide bonds. The zero-order chi connectivity index (χ0) is 20.3. The number of carbonyl (C=O) groups is 2. The Morgan fingerprint density at radius 2 is 2.07 bits per heavy atom. The second-order valence-electron chi connectivity index (χ2n) is 6.88. The molecule has 1 unspecified atom stereocenters. The van der Waals surface area contributed by atoms with Gasteiger partial charge in [0, 0.05) is 11.7 Å². The third-order valence-electron chi connectivity index (χ3n) is 4.59. The van der Waals surface area contributed by atoms with E-state index in [0.717, 1.165) is 35.0 Å². The lowest BCUT2D eigenvalue weighted by atomic mass is 10.1. The van der Waals surface area contributed by atoms with E-state index in [-0.39, 0.29) is 18.6 Å². The van der Waals surface area contributed by atoms with Gasteiger partial charge in [-0.25, -0.2) is 0 Å². The number of oxime groups is 1. The third kappa shape index (κ3) is 4.34. The van der Waals surface area contributed by atoms with Crippen LogP contribution in [0.1, 0.15) is 23.6 Å². The van der Waals surface area contributed by atoms with Crippen LogP contribution in [-0.4, -0.2) is 30.7 Å². The zero-order valence-corrected chi connectivity index (χ0v) is 16.8. The van der Waals surface area contributed by atoms with Crippen molar-refractivity contribution in [3.05, 3.63) is 58.1 Å². The van der Waals surface area contributed by atoms with E-state index >= 15 is 0 Å². The molecule has 0 fully saturated rings. The van der Waals surface area contributed by atoms with E-state index in [1.54, 1.807) is 11.0 Å². The minimum atomic E-state index is -0.485. The van der Waals surface area contributed by atoms with Gasteiger partial charge in [-0.3, -0.25) is 9.59 Å². The van der Waals surface area contributed by atoms with Gasteiger partial charge in [0.15, 0.2) is 6.61 Å². The van der Waals surface area contributed by atoms with E-state index in [9.17, 15) is 9.59 Å². The number of para-hydroxylation sites is 1. The van der Waals surface area contributed by atoms with Crippen LogP contribution >= 0.6 is 11.6 Å². The minimum absolute atomic E-state index is 0.0624. The highest BCUT2D eigenvalue weighted by Crippen LogP contribution is 2.31. The number of amides is 2. The summed E-state index contributed by atoms with van der Waals surface area (Å²) in [5, 5.41) is 6.74. The quantitative estimate of drug-likeness (QED) is 0.612. The van der Waals surface area contributed by atoms with Crippen LogP contribution in [0.25, 0.3) is 0 Å². The first-order valence-electron chi connectivity index (χ1n) is 9.00. The Bertz CT molecular complexity index is 919. The molecule has 3 rings (SSSR count). The van der Waals surface area contributed by atoms with Gasteiger partial charge in [-0.1, -0.05) is 41.0 Å². The maximum absolute atomic E-state index is 12.5. The van der Waals surface area contributed by atoms with E-state index in [4.69, 9.17) is 16.4 Å². The molecule has 1 aliphatic heterocycles. The highest BCUT2D eigenvalue weighted by molar-refractivity contribution is 6.37. The first kappa shape index (κ1) is 19.9. The molecular formula is C21H22ClN3O3. The van der Waals surface area contributed by atoms with Crippen LogP contribution in [-0.2, 0) is 20.8 Å². The van der Waals surface area contributed by atoms with Crippen LogP contribution in [0.3, 0.4) is 0 Å². The molecule has 7 heteroatoms. The molecule has 28 heavy (non-hydrogen) atoms. The van der Waals surface area contributed by atoms with Crippen molar-refractivity contribution < 1.29 is 14.4 Å². The van der Waals surface area contributed by atoms with Crippen molar-refractivity contribution in [3.8, 4) is 0 Å². The standard InChI is InChI=1S/C21H22ClN3O3/c1-13-8-14(2)21(17(22)9-13)24-19(26)11-23-28-12-20(27)25-15(3)10-16-6-4-5-7-18(16)25/h4-9,11,15H,10,12H2,1-3H3,(H,24,26). The number of hydrogen-bond acceptors (Lipinski definition) is 4. The summed E-state index contributed by atoms with van der Waals surface area (Å²) in [7, 11) is 0. The second kappa shape index (κ2) is 8.44. The number of nitrogens with zero attached hydrogens (tertiary/aromatic N) is 2. The van der Waals surface area contributed by atoms with Crippen LogP contribution in [0.5, 0.6) is 0 Å². The lowest BCUT2D eigenvalue weighted by Gasteiger charge is -2.21. The van der Waals surface area contributed by atoms with Gasteiger partial charge in [-0.15, -0.1) is 0 Å². The number of rotatable bonds is 5. The van der Waals surface area contributed by atoms with Crippen molar-refractivity contribution in [1.82, 2.24) is 0 Å². The maximum Gasteiger partial charge on any atom is 0.270 e. The Morgan fingerprint density at radius 3 is 2.82 bits per heavy atom. The number of hydrogen-bond donors (Lipinski definition) is 1. The molecule has 6 nitrogen and oxygen atoms in total. The molecule has 1 aliphatic rings. The molecule has 0 aromatic heterocycles. The van der Waals surface area contributed by atoms with E-state index in [1.165, 1.54) is 0 Å². The topological polar surface area (TPSA) is 71.0 Å². The largest absolute Gasteiger partial charge is 0.385 e. The fourth-order valence-corrected chi connectivity index (χ4v) is 3.79. The predicted octanol–water partition coefficient (Wildman–Crippen LogP) is 3.88. The Morgan fingerprint density at radius 1 is 1.32 bits per heavy atom. The molecule has 0 radical (unpaired) electrons. The SMILES string of the molecule is Cc1cc(C)c(NC(=O)C=NOCC(=O)N2c3ccccc3CC2C)c(Cl)c1. The molecule has 1 heterocycles. The molecule has 1 atom stereocenters. The molecule has 2 aromatic carbocycles. The number of fused-ring (bicyclic) bond motifs is 1. The van der Waals surface area contributed by atoms with Gasteiger partial charge in [0.05, 0.1) is 10.7 Å². The molecule has 2 aromatic rings. The van der Waals surface area contributed by atoms with Gasteiger partial charge in [-0.05, 0) is 56.0 Å². The third-order valence-corrected chi connectivity index (χ3v) is 4.89. The summed E-state index contributed by atoms with van der Waals surface area (Å²) < 4.78 is 0. The molecule has 1 N–H and O–H groups in total. The maximum atomic E-state index is 12.5. The van der Waals surface area contributed by atoms with Crippen LogP contribution in [0.2, 0.25) is 5.02 Å². The minimum Gasteiger partial charge on any atom is -0.385 e.